The molecule has 2 aromatic heterocycles. The Balaban J connectivity index is 1.99. The van der Waals surface area contributed by atoms with Crippen LogP contribution in [0, 0.1) is 0 Å². The molecule has 1 fully saturated rings. The Morgan fingerprint density at radius 1 is 1.39 bits per heavy atom. The van der Waals surface area contributed by atoms with E-state index < -0.39 is 10.0 Å². The Labute approximate surface area is 134 Å². The van der Waals surface area contributed by atoms with Crippen LogP contribution in [0.25, 0.3) is 5.65 Å². The summed E-state index contributed by atoms with van der Waals surface area (Å²) in [5.74, 6) is -0.119. The molecule has 0 aliphatic carbocycles. The molecular formula is C14H19N5O3S. The van der Waals surface area contributed by atoms with E-state index in [9.17, 15) is 13.2 Å². The number of sulfonamides is 1. The molecule has 2 aromatic rings. The minimum absolute atomic E-state index is 0.0393. The van der Waals surface area contributed by atoms with Gasteiger partial charge in [-0.05, 0) is 12.5 Å². The molecule has 8 nitrogen and oxygen atoms in total. The maximum Gasteiger partial charge on any atom is 0.258 e. The van der Waals surface area contributed by atoms with Gasteiger partial charge in [0.15, 0.2) is 5.65 Å². The van der Waals surface area contributed by atoms with Crippen LogP contribution in [0.2, 0.25) is 0 Å². The molecule has 0 spiro atoms. The highest BCUT2D eigenvalue weighted by Crippen LogP contribution is 2.29. The van der Waals surface area contributed by atoms with E-state index in [-0.39, 0.29) is 11.8 Å². The molecule has 23 heavy (non-hydrogen) atoms. The van der Waals surface area contributed by atoms with Crippen molar-refractivity contribution in [2.24, 2.45) is 0 Å². The molecule has 1 atom stereocenters. The van der Waals surface area contributed by atoms with Gasteiger partial charge in [-0.15, -0.1) is 0 Å². The third-order valence-electron chi connectivity index (χ3n) is 4.11. The van der Waals surface area contributed by atoms with Crippen molar-refractivity contribution in [1.29, 1.82) is 0 Å². The molecule has 3 heterocycles. The first kappa shape index (κ1) is 15.9. The Hall–Kier alpha value is -2.00. The number of hydrogen-bond acceptors (Lipinski definition) is 5. The number of fused-ring (bicyclic) bond motifs is 1. The van der Waals surface area contributed by atoms with Gasteiger partial charge >= 0.3 is 0 Å². The number of aromatic nitrogens is 3. The minimum Gasteiger partial charge on any atom is -0.345 e. The first-order chi connectivity index (χ1) is 10.8. The van der Waals surface area contributed by atoms with Crippen molar-refractivity contribution in [3.8, 4) is 0 Å². The van der Waals surface area contributed by atoms with E-state index in [1.54, 1.807) is 24.8 Å². The topological polar surface area (TPSA) is 87.9 Å². The van der Waals surface area contributed by atoms with Crippen LogP contribution >= 0.6 is 0 Å². The van der Waals surface area contributed by atoms with Crippen LogP contribution in [0.5, 0.6) is 0 Å². The van der Waals surface area contributed by atoms with Gasteiger partial charge < -0.3 is 4.90 Å². The van der Waals surface area contributed by atoms with Gasteiger partial charge in [-0.3, -0.25) is 4.79 Å². The highest BCUT2D eigenvalue weighted by molar-refractivity contribution is 7.88. The SMILES string of the molecule is CN(C)C(=O)c1cnn2c(C3CCN(S(C)(=O)=O)C3)ccnc12. The fourth-order valence-corrected chi connectivity index (χ4v) is 3.77. The summed E-state index contributed by atoms with van der Waals surface area (Å²) in [5, 5.41) is 4.29. The van der Waals surface area contributed by atoms with Gasteiger partial charge in [-0.25, -0.2) is 22.2 Å². The molecule has 1 aliphatic heterocycles. The summed E-state index contributed by atoms with van der Waals surface area (Å²) in [6.45, 7) is 0.923. The summed E-state index contributed by atoms with van der Waals surface area (Å²) in [7, 11) is 0.166. The van der Waals surface area contributed by atoms with Gasteiger partial charge in [0.05, 0.1) is 18.1 Å². The highest BCUT2D eigenvalue weighted by Gasteiger charge is 2.31. The van der Waals surface area contributed by atoms with Crippen LogP contribution in [0.15, 0.2) is 18.5 Å². The lowest BCUT2D eigenvalue weighted by Gasteiger charge is -2.14. The lowest BCUT2D eigenvalue weighted by Crippen LogP contribution is -2.27. The van der Waals surface area contributed by atoms with E-state index in [1.165, 1.54) is 21.7 Å². The first-order valence-corrected chi connectivity index (χ1v) is 9.13. The minimum atomic E-state index is -3.19. The average molecular weight is 337 g/mol. The summed E-state index contributed by atoms with van der Waals surface area (Å²) >= 11 is 0. The molecule has 0 bridgehead atoms. The van der Waals surface area contributed by atoms with Gasteiger partial charge in [0.25, 0.3) is 5.91 Å². The van der Waals surface area contributed by atoms with Crippen molar-refractivity contribution >= 4 is 21.6 Å². The summed E-state index contributed by atoms with van der Waals surface area (Å²) in [4.78, 5) is 17.9. The van der Waals surface area contributed by atoms with Crippen LogP contribution in [0.3, 0.4) is 0 Å². The number of carbonyl (C=O) groups excluding carboxylic acids is 1. The van der Waals surface area contributed by atoms with E-state index in [0.717, 1.165) is 12.1 Å². The van der Waals surface area contributed by atoms with E-state index in [4.69, 9.17) is 0 Å². The van der Waals surface area contributed by atoms with Gasteiger partial charge in [0.2, 0.25) is 10.0 Å². The van der Waals surface area contributed by atoms with E-state index in [2.05, 4.69) is 10.1 Å². The second-order valence-electron chi connectivity index (χ2n) is 5.97. The molecule has 1 amide bonds. The predicted molar refractivity (Wildman–Crippen MR) is 84.8 cm³/mol. The molecular weight excluding hydrogens is 318 g/mol. The standard InChI is InChI=1S/C14H19N5O3S/c1-17(2)14(20)11-8-16-19-12(4-6-15-13(11)19)10-5-7-18(9-10)23(3,21)22/h4,6,8,10H,5,7,9H2,1-3H3. The number of rotatable bonds is 3. The average Bonchev–Trinajstić information content (AvgIpc) is 3.12. The van der Waals surface area contributed by atoms with Crippen molar-refractivity contribution in [3.05, 3.63) is 29.7 Å². The maximum atomic E-state index is 12.2. The van der Waals surface area contributed by atoms with Crippen molar-refractivity contribution in [1.82, 2.24) is 23.8 Å². The molecule has 3 rings (SSSR count). The van der Waals surface area contributed by atoms with Crippen LogP contribution < -0.4 is 0 Å². The summed E-state index contributed by atoms with van der Waals surface area (Å²) < 4.78 is 26.5. The molecule has 0 N–H and O–H groups in total. The fourth-order valence-electron chi connectivity index (χ4n) is 2.88. The normalized spacial score (nSPS) is 19.3. The lowest BCUT2D eigenvalue weighted by atomic mass is 10.0. The van der Waals surface area contributed by atoms with Crippen LogP contribution in [0.1, 0.15) is 28.4 Å². The van der Waals surface area contributed by atoms with Gasteiger partial charge in [0, 0.05) is 39.3 Å². The Morgan fingerprint density at radius 3 is 2.74 bits per heavy atom. The molecule has 1 unspecified atom stereocenters. The molecule has 1 saturated heterocycles. The number of carbonyl (C=O) groups is 1. The Morgan fingerprint density at radius 2 is 2.13 bits per heavy atom. The smallest absolute Gasteiger partial charge is 0.258 e. The summed E-state index contributed by atoms with van der Waals surface area (Å²) in [6.07, 6.45) is 5.10. The van der Waals surface area contributed by atoms with E-state index >= 15 is 0 Å². The number of amides is 1. The molecule has 124 valence electrons. The molecule has 9 heteroatoms. The zero-order valence-corrected chi connectivity index (χ0v) is 14.1. The summed E-state index contributed by atoms with van der Waals surface area (Å²) in [6, 6.07) is 1.83. The van der Waals surface area contributed by atoms with E-state index in [0.29, 0.717) is 24.3 Å². The largest absolute Gasteiger partial charge is 0.345 e. The van der Waals surface area contributed by atoms with Crippen LogP contribution in [-0.2, 0) is 10.0 Å². The Kier molecular flexibility index (Phi) is 3.85. The number of hydrogen-bond donors (Lipinski definition) is 0. The fraction of sp³-hybridized carbons (Fsp3) is 0.500. The van der Waals surface area contributed by atoms with Crippen LogP contribution in [-0.4, -0.2) is 71.6 Å². The predicted octanol–water partition coefficient (Wildman–Crippen LogP) is 0.180. The molecule has 1 aliphatic rings. The number of nitrogens with zero attached hydrogens (tertiary/aromatic N) is 5. The van der Waals surface area contributed by atoms with Crippen molar-refractivity contribution in [2.75, 3.05) is 33.4 Å². The van der Waals surface area contributed by atoms with Crippen molar-refractivity contribution in [2.45, 2.75) is 12.3 Å². The summed E-state index contributed by atoms with van der Waals surface area (Å²) in [5.41, 5.74) is 1.81. The van der Waals surface area contributed by atoms with Gasteiger partial charge in [0.1, 0.15) is 5.56 Å². The van der Waals surface area contributed by atoms with Crippen molar-refractivity contribution < 1.29 is 13.2 Å². The van der Waals surface area contributed by atoms with E-state index in [1.807, 2.05) is 6.07 Å². The van der Waals surface area contributed by atoms with Crippen molar-refractivity contribution in [3.63, 3.8) is 0 Å². The first-order valence-electron chi connectivity index (χ1n) is 7.28. The monoisotopic (exact) mass is 337 g/mol. The molecule has 0 saturated carbocycles. The quantitative estimate of drug-likeness (QED) is 0.797. The second kappa shape index (κ2) is 5.57. The maximum absolute atomic E-state index is 12.2. The zero-order chi connectivity index (χ0) is 16.8. The van der Waals surface area contributed by atoms with Crippen LogP contribution in [0.4, 0.5) is 0 Å². The molecule has 0 radical (unpaired) electrons. The lowest BCUT2D eigenvalue weighted by molar-refractivity contribution is 0.0829. The zero-order valence-electron chi connectivity index (χ0n) is 13.3. The molecule has 0 aromatic carbocycles. The third-order valence-corrected chi connectivity index (χ3v) is 5.38. The van der Waals surface area contributed by atoms with Gasteiger partial charge in [-0.1, -0.05) is 0 Å². The highest BCUT2D eigenvalue weighted by atomic mass is 32.2. The Bertz CT molecular complexity index is 858. The third kappa shape index (κ3) is 2.81. The second-order valence-corrected chi connectivity index (χ2v) is 7.95. The van der Waals surface area contributed by atoms with Gasteiger partial charge in [-0.2, -0.15) is 5.10 Å².